The van der Waals surface area contributed by atoms with Gasteiger partial charge in [-0.1, -0.05) is 41.9 Å². The number of para-hydroxylation sites is 1. The van der Waals surface area contributed by atoms with Crippen LogP contribution in [0.1, 0.15) is 21.5 Å². The van der Waals surface area contributed by atoms with E-state index in [9.17, 15) is 4.79 Å². The lowest BCUT2D eigenvalue weighted by Crippen LogP contribution is -2.17. The largest absolute Gasteiger partial charge is 0.486 e. The van der Waals surface area contributed by atoms with Gasteiger partial charge in [-0.2, -0.15) is 10.2 Å². The first-order chi connectivity index (χ1) is 20.1. The Morgan fingerprint density at radius 2 is 1.71 bits per heavy atom. The van der Waals surface area contributed by atoms with E-state index in [4.69, 9.17) is 26.2 Å². The molecule has 0 bridgehead atoms. The van der Waals surface area contributed by atoms with Crippen LogP contribution in [0.3, 0.4) is 0 Å². The second-order valence-corrected chi connectivity index (χ2v) is 10.7. The van der Waals surface area contributed by atoms with Gasteiger partial charge in [-0.15, -0.1) is 11.8 Å². The Balaban J connectivity index is 1.17. The van der Waals surface area contributed by atoms with E-state index in [1.54, 1.807) is 34.8 Å². The van der Waals surface area contributed by atoms with Crippen LogP contribution in [-0.4, -0.2) is 35.1 Å². The van der Waals surface area contributed by atoms with Gasteiger partial charge >= 0.3 is 0 Å². The molecule has 1 aliphatic rings. The summed E-state index contributed by atoms with van der Waals surface area (Å²) in [6, 6.07) is 30.8. The molecule has 0 radical (unpaired) electrons. The van der Waals surface area contributed by atoms with E-state index in [1.165, 1.54) is 0 Å². The summed E-state index contributed by atoms with van der Waals surface area (Å²) < 4.78 is 13.2. The van der Waals surface area contributed by atoms with Crippen LogP contribution in [0.2, 0.25) is 5.02 Å². The maximum atomic E-state index is 12.8. The smallest absolute Gasteiger partial charge is 0.271 e. The number of nitrogens with one attached hydrogen (secondary N) is 1. The fraction of sp³-hybridized carbons (Fsp3) is 0.0938. The number of carbonyl (C=O) groups excluding carboxylic acids is 1. The Morgan fingerprint density at radius 1 is 0.951 bits per heavy atom. The van der Waals surface area contributed by atoms with Gasteiger partial charge in [0.15, 0.2) is 11.5 Å². The van der Waals surface area contributed by atoms with Crippen LogP contribution in [0, 0.1) is 0 Å². The number of fused-ring (bicyclic) bond motifs is 1. The van der Waals surface area contributed by atoms with E-state index in [-0.39, 0.29) is 5.91 Å². The van der Waals surface area contributed by atoms with E-state index < -0.39 is 0 Å². The topological polar surface area (TPSA) is 77.7 Å². The molecule has 0 atom stereocenters. The molecule has 0 saturated carbocycles. The van der Waals surface area contributed by atoms with Gasteiger partial charge in [-0.05, 0) is 72.3 Å². The number of thioether (sulfide) groups is 1. The Bertz CT molecular complexity index is 1690. The van der Waals surface area contributed by atoms with Crippen molar-refractivity contribution in [3.05, 3.63) is 125 Å². The minimum Gasteiger partial charge on any atom is -0.486 e. The third-order valence-corrected chi connectivity index (χ3v) is 7.72. The third kappa shape index (κ3) is 6.45. The average Bonchev–Trinajstić information content (AvgIpc) is 3.45. The first-order valence-corrected chi connectivity index (χ1v) is 14.3. The van der Waals surface area contributed by atoms with Gasteiger partial charge in [-0.3, -0.25) is 4.79 Å². The molecule has 2 heterocycles. The molecule has 6 rings (SSSR count). The molecule has 0 unspecified atom stereocenters. The molecule has 41 heavy (non-hydrogen) atoms. The van der Waals surface area contributed by atoms with E-state index in [0.717, 1.165) is 38.0 Å². The number of hydrogen-bond acceptors (Lipinski definition) is 6. The number of benzene rings is 4. The highest BCUT2D eigenvalue weighted by Crippen LogP contribution is 2.35. The third-order valence-electron chi connectivity index (χ3n) is 6.38. The molecule has 9 heteroatoms. The van der Waals surface area contributed by atoms with Gasteiger partial charge in [-0.25, -0.2) is 10.1 Å². The predicted molar refractivity (Wildman–Crippen MR) is 163 cm³/mol. The molecule has 7 nitrogen and oxygen atoms in total. The first-order valence-electron chi connectivity index (χ1n) is 13.0. The minimum atomic E-state index is -0.297. The summed E-state index contributed by atoms with van der Waals surface area (Å²) >= 11 is 7.67. The highest BCUT2D eigenvalue weighted by Gasteiger charge is 2.17. The zero-order valence-electron chi connectivity index (χ0n) is 21.9. The summed E-state index contributed by atoms with van der Waals surface area (Å²) in [5.74, 6) is 1.87. The molecule has 1 aliphatic heterocycles. The Hall–Kier alpha value is -4.53. The molecular weight excluding hydrogens is 556 g/mol. The maximum Gasteiger partial charge on any atom is 0.271 e. The minimum absolute atomic E-state index is 0.297. The lowest BCUT2D eigenvalue weighted by Gasteiger charge is -2.18. The van der Waals surface area contributed by atoms with Crippen molar-refractivity contribution < 1.29 is 14.3 Å². The van der Waals surface area contributed by atoms with Crippen molar-refractivity contribution in [1.29, 1.82) is 0 Å². The monoisotopic (exact) mass is 580 g/mol. The zero-order chi connectivity index (χ0) is 28.0. The van der Waals surface area contributed by atoms with Gasteiger partial charge in [0.2, 0.25) is 0 Å². The number of aromatic nitrogens is 2. The Morgan fingerprint density at radius 3 is 2.49 bits per heavy atom. The number of carbonyl (C=O) groups is 1. The highest BCUT2D eigenvalue weighted by molar-refractivity contribution is 7.98. The van der Waals surface area contributed by atoms with Crippen LogP contribution in [-0.2, 0) is 5.75 Å². The molecule has 0 fully saturated rings. The molecule has 0 spiro atoms. The fourth-order valence-corrected chi connectivity index (χ4v) is 5.26. The van der Waals surface area contributed by atoms with Crippen molar-refractivity contribution in [3.8, 4) is 28.4 Å². The normalized spacial score (nSPS) is 12.4. The quantitative estimate of drug-likeness (QED) is 0.121. The summed E-state index contributed by atoms with van der Waals surface area (Å²) in [6.07, 6.45) is 3.48. The summed E-state index contributed by atoms with van der Waals surface area (Å²) in [5.41, 5.74) is 7.47. The maximum absolute atomic E-state index is 12.8. The summed E-state index contributed by atoms with van der Waals surface area (Å²) in [5, 5.41) is 9.79. The highest BCUT2D eigenvalue weighted by atomic mass is 35.5. The van der Waals surface area contributed by atoms with Crippen LogP contribution >= 0.6 is 23.4 Å². The first kappa shape index (κ1) is 26.7. The Labute approximate surface area is 246 Å². The molecule has 4 aromatic carbocycles. The fourth-order valence-electron chi connectivity index (χ4n) is 4.28. The number of amides is 1. The lowest BCUT2D eigenvalue weighted by atomic mass is 10.1. The van der Waals surface area contributed by atoms with Crippen LogP contribution in [0.5, 0.6) is 11.5 Å². The van der Waals surface area contributed by atoms with Crippen LogP contribution in [0.4, 0.5) is 0 Å². The summed E-state index contributed by atoms with van der Waals surface area (Å²) in [4.78, 5) is 13.9. The SMILES string of the molecule is O=C(NN=Cc1cn(-c2ccccc2)nc1-c1ccc2c(c1)OCCO2)c1ccc(CSc2ccc(Cl)cc2)cc1. The summed E-state index contributed by atoms with van der Waals surface area (Å²) in [7, 11) is 0. The van der Waals surface area contributed by atoms with Gasteiger partial charge < -0.3 is 9.47 Å². The molecule has 1 amide bonds. The molecular formula is C32H25ClN4O3S. The summed E-state index contributed by atoms with van der Waals surface area (Å²) in [6.45, 7) is 1.02. The van der Waals surface area contributed by atoms with Crippen molar-refractivity contribution in [2.24, 2.45) is 5.10 Å². The van der Waals surface area contributed by atoms with E-state index in [2.05, 4.69) is 10.5 Å². The van der Waals surface area contributed by atoms with Crippen LogP contribution in [0.25, 0.3) is 16.9 Å². The van der Waals surface area contributed by atoms with E-state index >= 15 is 0 Å². The van der Waals surface area contributed by atoms with Gasteiger partial charge in [0.25, 0.3) is 5.91 Å². The van der Waals surface area contributed by atoms with Crippen molar-refractivity contribution in [3.63, 3.8) is 0 Å². The lowest BCUT2D eigenvalue weighted by molar-refractivity contribution is 0.0955. The van der Waals surface area contributed by atoms with Gasteiger partial charge in [0.05, 0.1) is 11.9 Å². The number of rotatable bonds is 8. The zero-order valence-corrected chi connectivity index (χ0v) is 23.4. The second-order valence-electron chi connectivity index (χ2n) is 9.21. The van der Waals surface area contributed by atoms with Crippen molar-refractivity contribution in [1.82, 2.24) is 15.2 Å². The molecule has 1 aromatic heterocycles. The average molecular weight is 581 g/mol. The molecule has 204 valence electrons. The number of hydrogen-bond donors (Lipinski definition) is 1. The van der Waals surface area contributed by atoms with Crippen molar-refractivity contribution in [2.45, 2.75) is 10.6 Å². The van der Waals surface area contributed by atoms with Gasteiger partial charge in [0.1, 0.15) is 18.9 Å². The van der Waals surface area contributed by atoms with Gasteiger partial charge in [0, 0.05) is 38.6 Å². The van der Waals surface area contributed by atoms with Crippen molar-refractivity contribution in [2.75, 3.05) is 13.2 Å². The number of ether oxygens (including phenoxy) is 2. The van der Waals surface area contributed by atoms with E-state index in [0.29, 0.717) is 36.0 Å². The number of halogens is 1. The molecule has 5 aromatic rings. The standard InChI is InChI=1S/C32H25ClN4O3S/c33-26-11-13-28(14-12-26)41-21-22-6-8-23(9-7-22)32(38)35-34-19-25-20-37(27-4-2-1-3-5-27)36-31(25)24-10-15-29-30(18-24)40-17-16-39-29/h1-15,18-20H,16-17,21H2,(H,35,38). The molecule has 0 aliphatic carbocycles. The van der Waals surface area contributed by atoms with E-state index in [1.807, 2.05) is 91.1 Å². The number of hydrazone groups is 1. The predicted octanol–water partition coefficient (Wildman–Crippen LogP) is 7.02. The Kier molecular flexibility index (Phi) is 8.02. The molecule has 1 N–H and O–H groups in total. The van der Waals surface area contributed by atoms with Crippen molar-refractivity contribution >= 4 is 35.5 Å². The molecule has 0 saturated heterocycles. The van der Waals surface area contributed by atoms with Crippen LogP contribution in [0.15, 0.2) is 113 Å². The van der Waals surface area contributed by atoms with Crippen LogP contribution < -0.4 is 14.9 Å². The second kappa shape index (κ2) is 12.3. The number of nitrogens with zero attached hydrogens (tertiary/aromatic N) is 3.